The van der Waals surface area contributed by atoms with Gasteiger partial charge in [0.15, 0.2) is 0 Å². The molecule has 0 bridgehead atoms. The molecule has 3 heteroatoms. The van der Waals surface area contributed by atoms with E-state index >= 15 is 0 Å². The Morgan fingerprint density at radius 2 is 1.72 bits per heavy atom. The Kier molecular flexibility index (Phi) is 4.37. The van der Waals surface area contributed by atoms with Gasteiger partial charge in [0.05, 0.1) is 0 Å². The van der Waals surface area contributed by atoms with Crippen LogP contribution in [-0.2, 0) is 11.4 Å². The summed E-state index contributed by atoms with van der Waals surface area (Å²) in [4.78, 5) is 5.16. The van der Waals surface area contributed by atoms with Crippen molar-refractivity contribution < 1.29 is 4.84 Å². The molecule has 0 saturated carbocycles. The fraction of sp³-hybridized carbons (Fsp3) is 0.133. The van der Waals surface area contributed by atoms with Gasteiger partial charge in [-0.05, 0) is 24.6 Å². The highest BCUT2D eigenvalue weighted by Crippen LogP contribution is 2.10. The average Bonchev–Trinajstić information content (AvgIpc) is 2.39. The Labute approximate surface area is 112 Å². The van der Waals surface area contributed by atoms with Gasteiger partial charge in [0, 0.05) is 10.6 Å². The number of benzene rings is 2. The first-order valence-corrected chi connectivity index (χ1v) is 6.01. The van der Waals surface area contributed by atoms with Crippen molar-refractivity contribution in [1.29, 1.82) is 0 Å². The zero-order valence-corrected chi connectivity index (χ0v) is 10.8. The minimum Gasteiger partial charge on any atom is -0.390 e. The van der Waals surface area contributed by atoms with Crippen molar-refractivity contribution in [3.8, 4) is 0 Å². The second-order valence-electron chi connectivity index (χ2n) is 3.97. The van der Waals surface area contributed by atoms with Gasteiger partial charge in [-0.3, -0.25) is 0 Å². The highest BCUT2D eigenvalue weighted by atomic mass is 35.5. The van der Waals surface area contributed by atoms with Crippen molar-refractivity contribution in [3.05, 3.63) is 70.2 Å². The summed E-state index contributed by atoms with van der Waals surface area (Å²) in [5.41, 5.74) is 3.13. The lowest BCUT2D eigenvalue weighted by Gasteiger charge is -1.99. The van der Waals surface area contributed by atoms with Gasteiger partial charge >= 0.3 is 0 Å². The molecule has 91 valence electrons. The summed E-state index contributed by atoms with van der Waals surface area (Å²) in [6, 6.07) is 15.4. The van der Waals surface area contributed by atoms with Gasteiger partial charge in [-0.1, -0.05) is 58.7 Å². The fourth-order valence-electron chi connectivity index (χ4n) is 1.40. The normalized spacial score (nSPS) is 10.8. The van der Waals surface area contributed by atoms with E-state index in [1.807, 2.05) is 55.5 Å². The molecule has 2 aromatic rings. The van der Waals surface area contributed by atoms with Crippen LogP contribution in [0, 0.1) is 6.92 Å². The minimum atomic E-state index is 0.413. The van der Waals surface area contributed by atoms with Crippen LogP contribution in [-0.4, -0.2) is 6.21 Å². The standard InChI is InChI=1S/C15H13ClNO/c1-12-2-4-13(5-3-12)10-17-18-11-14-6-8-15(16)9-7-14/h2-9H,11H2,1H3. The molecule has 0 heterocycles. The molecule has 2 rings (SSSR count). The molecule has 18 heavy (non-hydrogen) atoms. The lowest BCUT2D eigenvalue weighted by Crippen LogP contribution is -1.88. The van der Waals surface area contributed by atoms with Crippen LogP contribution in [0.4, 0.5) is 0 Å². The van der Waals surface area contributed by atoms with E-state index in [0.717, 1.165) is 11.1 Å². The fourth-order valence-corrected chi connectivity index (χ4v) is 1.53. The predicted molar refractivity (Wildman–Crippen MR) is 74.0 cm³/mol. The maximum Gasteiger partial charge on any atom is 0.142 e. The lowest BCUT2D eigenvalue weighted by atomic mass is 10.2. The van der Waals surface area contributed by atoms with E-state index in [0.29, 0.717) is 11.6 Å². The molecule has 0 amide bonds. The first-order valence-electron chi connectivity index (χ1n) is 5.63. The molecule has 0 saturated heterocycles. The third kappa shape index (κ3) is 3.90. The summed E-state index contributed by atoms with van der Waals surface area (Å²) in [6.45, 7) is 2.45. The zero-order chi connectivity index (χ0) is 12.8. The van der Waals surface area contributed by atoms with Crippen molar-refractivity contribution in [2.75, 3.05) is 0 Å². The molecular formula is C15H13ClNO. The number of hydrogen-bond acceptors (Lipinski definition) is 2. The van der Waals surface area contributed by atoms with E-state index in [4.69, 9.17) is 16.4 Å². The molecule has 0 aliphatic rings. The molecule has 0 aliphatic carbocycles. The molecule has 0 fully saturated rings. The summed E-state index contributed by atoms with van der Waals surface area (Å²) in [7, 11) is 0. The van der Waals surface area contributed by atoms with Crippen LogP contribution >= 0.6 is 11.6 Å². The van der Waals surface area contributed by atoms with E-state index in [2.05, 4.69) is 11.4 Å². The summed E-state index contributed by atoms with van der Waals surface area (Å²) in [5, 5.41) is 4.52. The van der Waals surface area contributed by atoms with Crippen LogP contribution in [0.1, 0.15) is 16.7 Å². The predicted octanol–water partition coefficient (Wildman–Crippen LogP) is 4.08. The zero-order valence-electron chi connectivity index (χ0n) is 10.1. The Morgan fingerprint density at radius 1 is 1.06 bits per heavy atom. The molecule has 0 N–H and O–H groups in total. The number of aryl methyl sites for hydroxylation is 1. The first kappa shape index (κ1) is 12.7. The molecule has 0 aliphatic heterocycles. The largest absolute Gasteiger partial charge is 0.390 e. The Morgan fingerprint density at radius 3 is 2.39 bits per heavy atom. The molecule has 2 nitrogen and oxygen atoms in total. The SMILES string of the molecule is Cc1ccc(/[C]=N\OCc2ccc(Cl)cc2)cc1. The minimum absolute atomic E-state index is 0.413. The third-order valence-electron chi connectivity index (χ3n) is 2.44. The second-order valence-corrected chi connectivity index (χ2v) is 4.41. The molecular weight excluding hydrogens is 246 g/mol. The van der Waals surface area contributed by atoms with E-state index in [-0.39, 0.29) is 0 Å². The Hall–Kier alpha value is -1.80. The van der Waals surface area contributed by atoms with E-state index < -0.39 is 0 Å². The van der Waals surface area contributed by atoms with Crippen LogP contribution in [0.15, 0.2) is 53.7 Å². The van der Waals surface area contributed by atoms with Crippen LogP contribution in [0.2, 0.25) is 5.02 Å². The average molecular weight is 259 g/mol. The smallest absolute Gasteiger partial charge is 0.142 e. The number of rotatable bonds is 4. The topological polar surface area (TPSA) is 21.6 Å². The quantitative estimate of drug-likeness (QED) is 0.598. The maximum absolute atomic E-state index is 5.79. The summed E-state index contributed by atoms with van der Waals surface area (Å²) in [6.07, 6.45) is 2.83. The Bertz CT molecular complexity index is 517. The molecule has 0 spiro atoms. The van der Waals surface area contributed by atoms with Gasteiger partial charge in [0.2, 0.25) is 0 Å². The highest BCUT2D eigenvalue weighted by Gasteiger charge is 1.93. The van der Waals surface area contributed by atoms with Gasteiger partial charge in [-0.25, -0.2) is 0 Å². The van der Waals surface area contributed by atoms with Gasteiger partial charge in [0.1, 0.15) is 12.8 Å². The molecule has 0 atom stereocenters. The molecule has 2 aromatic carbocycles. The van der Waals surface area contributed by atoms with Gasteiger partial charge < -0.3 is 4.84 Å². The van der Waals surface area contributed by atoms with Crippen molar-refractivity contribution >= 4 is 17.8 Å². The first-order chi connectivity index (χ1) is 8.74. The lowest BCUT2D eigenvalue weighted by molar-refractivity contribution is 0.132. The molecule has 0 aromatic heterocycles. The number of halogens is 1. The van der Waals surface area contributed by atoms with Crippen LogP contribution < -0.4 is 0 Å². The molecule has 0 unspecified atom stereocenters. The van der Waals surface area contributed by atoms with Crippen molar-refractivity contribution in [2.45, 2.75) is 13.5 Å². The monoisotopic (exact) mass is 258 g/mol. The summed E-state index contributed by atoms with van der Waals surface area (Å²) >= 11 is 5.79. The van der Waals surface area contributed by atoms with Crippen LogP contribution in [0.5, 0.6) is 0 Å². The van der Waals surface area contributed by atoms with Crippen LogP contribution in [0.25, 0.3) is 0 Å². The van der Waals surface area contributed by atoms with Crippen LogP contribution in [0.3, 0.4) is 0 Å². The highest BCUT2D eigenvalue weighted by molar-refractivity contribution is 6.30. The van der Waals surface area contributed by atoms with Gasteiger partial charge in [-0.2, -0.15) is 0 Å². The summed E-state index contributed by atoms with van der Waals surface area (Å²) < 4.78 is 0. The van der Waals surface area contributed by atoms with E-state index in [9.17, 15) is 0 Å². The third-order valence-corrected chi connectivity index (χ3v) is 2.69. The summed E-state index contributed by atoms with van der Waals surface area (Å²) in [5.74, 6) is 0. The van der Waals surface area contributed by atoms with Gasteiger partial charge in [-0.15, -0.1) is 0 Å². The van der Waals surface area contributed by atoms with E-state index in [1.165, 1.54) is 5.56 Å². The number of nitrogens with zero attached hydrogens (tertiary/aromatic N) is 1. The van der Waals surface area contributed by atoms with Crippen molar-refractivity contribution in [2.24, 2.45) is 5.16 Å². The molecule has 1 radical (unpaired) electrons. The van der Waals surface area contributed by atoms with Gasteiger partial charge in [0.25, 0.3) is 0 Å². The maximum atomic E-state index is 5.79. The Balaban J connectivity index is 1.84. The van der Waals surface area contributed by atoms with Crippen molar-refractivity contribution in [3.63, 3.8) is 0 Å². The number of hydrogen-bond donors (Lipinski definition) is 0. The van der Waals surface area contributed by atoms with E-state index in [1.54, 1.807) is 0 Å². The van der Waals surface area contributed by atoms with Crippen molar-refractivity contribution in [1.82, 2.24) is 0 Å². The second kappa shape index (κ2) is 6.22.